The zero-order valence-electron chi connectivity index (χ0n) is 12.5. The standard InChI is InChI=1S/C16H14FN3O3/c1-16(14(21)19-11-7-5-10(17)6-8-11)15(22)20(2)13-12(23-16)4-3-9-18-13/h3-9H,1-2H3,(H,19,21)/t16-/m1/s1. The number of likely N-dealkylation sites (N-methyl/N-ethyl adjacent to an activating group) is 1. The predicted molar refractivity (Wildman–Crippen MR) is 81.7 cm³/mol. The number of nitrogens with zero attached hydrogens (tertiary/aromatic N) is 2. The molecule has 7 heteroatoms. The zero-order chi connectivity index (χ0) is 16.6. The van der Waals surface area contributed by atoms with Crippen molar-refractivity contribution in [1.82, 2.24) is 4.98 Å². The summed E-state index contributed by atoms with van der Waals surface area (Å²) in [4.78, 5) is 30.4. The molecule has 1 aliphatic heterocycles. The number of aromatic nitrogens is 1. The normalized spacial score (nSPS) is 19.8. The first-order valence-electron chi connectivity index (χ1n) is 6.91. The van der Waals surface area contributed by atoms with E-state index in [1.807, 2.05) is 0 Å². The summed E-state index contributed by atoms with van der Waals surface area (Å²) >= 11 is 0. The topological polar surface area (TPSA) is 71.5 Å². The zero-order valence-corrected chi connectivity index (χ0v) is 12.5. The summed E-state index contributed by atoms with van der Waals surface area (Å²) in [6.07, 6.45) is 1.53. The number of hydrogen-bond donors (Lipinski definition) is 1. The van der Waals surface area contributed by atoms with E-state index in [2.05, 4.69) is 10.3 Å². The maximum atomic E-state index is 12.9. The Morgan fingerprint density at radius 3 is 2.70 bits per heavy atom. The molecule has 0 saturated carbocycles. The third-order valence-corrected chi connectivity index (χ3v) is 3.63. The van der Waals surface area contributed by atoms with Crippen molar-refractivity contribution >= 4 is 23.3 Å². The number of rotatable bonds is 2. The van der Waals surface area contributed by atoms with Crippen molar-refractivity contribution < 1.29 is 18.7 Å². The molecule has 1 N–H and O–H groups in total. The number of pyridine rings is 1. The van der Waals surface area contributed by atoms with Crippen molar-refractivity contribution in [2.75, 3.05) is 17.3 Å². The second kappa shape index (κ2) is 5.35. The van der Waals surface area contributed by atoms with E-state index in [4.69, 9.17) is 4.74 Å². The SMILES string of the molecule is CN1C(=O)[C@@](C)(C(=O)Nc2ccc(F)cc2)Oc2cccnc21. The minimum atomic E-state index is -1.74. The first kappa shape index (κ1) is 15.0. The molecule has 0 aliphatic carbocycles. The molecule has 1 aromatic heterocycles. The summed E-state index contributed by atoms with van der Waals surface area (Å²) in [5, 5.41) is 2.56. The van der Waals surface area contributed by atoms with Gasteiger partial charge >= 0.3 is 0 Å². The molecule has 2 amide bonds. The van der Waals surface area contributed by atoms with Crippen LogP contribution >= 0.6 is 0 Å². The molecular weight excluding hydrogens is 301 g/mol. The maximum Gasteiger partial charge on any atom is 0.281 e. The highest BCUT2D eigenvalue weighted by atomic mass is 19.1. The molecule has 2 heterocycles. The van der Waals surface area contributed by atoms with Crippen molar-refractivity contribution in [2.24, 2.45) is 0 Å². The second-order valence-electron chi connectivity index (χ2n) is 5.29. The van der Waals surface area contributed by atoms with Gasteiger partial charge in [-0.15, -0.1) is 0 Å². The van der Waals surface area contributed by atoms with E-state index in [9.17, 15) is 14.0 Å². The summed E-state index contributed by atoms with van der Waals surface area (Å²) in [6, 6.07) is 8.53. The van der Waals surface area contributed by atoms with E-state index in [0.29, 0.717) is 17.3 Å². The van der Waals surface area contributed by atoms with Gasteiger partial charge in [0, 0.05) is 18.9 Å². The van der Waals surface area contributed by atoms with Crippen molar-refractivity contribution in [3.63, 3.8) is 0 Å². The van der Waals surface area contributed by atoms with Crippen LogP contribution in [0.15, 0.2) is 42.6 Å². The lowest BCUT2D eigenvalue weighted by atomic mass is 10.0. The van der Waals surface area contributed by atoms with Crippen LogP contribution in [0.25, 0.3) is 0 Å². The maximum absolute atomic E-state index is 12.9. The van der Waals surface area contributed by atoms with Gasteiger partial charge in [0.15, 0.2) is 11.6 Å². The number of hydrogen-bond acceptors (Lipinski definition) is 4. The van der Waals surface area contributed by atoms with E-state index >= 15 is 0 Å². The van der Waals surface area contributed by atoms with Crippen LogP contribution in [0.3, 0.4) is 0 Å². The van der Waals surface area contributed by atoms with Crippen LogP contribution in [0.2, 0.25) is 0 Å². The van der Waals surface area contributed by atoms with E-state index < -0.39 is 23.2 Å². The Kier molecular flexibility index (Phi) is 3.48. The Balaban J connectivity index is 1.90. The van der Waals surface area contributed by atoms with Crippen molar-refractivity contribution in [1.29, 1.82) is 0 Å². The van der Waals surface area contributed by atoms with Gasteiger partial charge in [-0.1, -0.05) is 0 Å². The van der Waals surface area contributed by atoms with Crippen molar-refractivity contribution in [3.8, 4) is 5.75 Å². The average Bonchev–Trinajstić information content (AvgIpc) is 2.55. The number of nitrogens with one attached hydrogen (secondary N) is 1. The van der Waals surface area contributed by atoms with Crippen LogP contribution < -0.4 is 15.0 Å². The highest BCUT2D eigenvalue weighted by Gasteiger charge is 2.50. The molecule has 6 nitrogen and oxygen atoms in total. The lowest BCUT2D eigenvalue weighted by Gasteiger charge is -2.36. The highest BCUT2D eigenvalue weighted by molar-refractivity contribution is 6.19. The van der Waals surface area contributed by atoms with Crippen LogP contribution in [-0.4, -0.2) is 29.4 Å². The Morgan fingerprint density at radius 2 is 2.00 bits per heavy atom. The fourth-order valence-electron chi connectivity index (χ4n) is 2.32. The molecule has 0 spiro atoms. The van der Waals surface area contributed by atoms with Crippen LogP contribution in [0.4, 0.5) is 15.9 Å². The van der Waals surface area contributed by atoms with E-state index in [1.165, 1.54) is 49.3 Å². The number of fused-ring (bicyclic) bond motifs is 1. The van der Waals surface area contributed by atoms with Gasteiger partial charge in [-0.25, -0.2) is 9.37 Å². The summed E-state index contributed by atoms with van der Waals surface area (Å²) in [6.45, 7) is 1.39. The highest BCUT2D eigenvalue weighted by Crippen LogP contribution is 2.35. The molecule has 2 aromatic rings. The molecular formula is C16H14FN3O3. The van der Waals surface area contributed by atoms with Gasteiger partial charge < -0.3 is 10.1 Å². The van der Waals surface area contributed by atoms with Crippen molar-refractivity contribution in [2.45, 2.75) is 12.5 Å². The summed E-state index contributed by atoms with van der Waals surface area (Å²) in [5.74, 6) is -0.909. The number of benzene rings is 1. The molecule has 3 rings (SSSR count). The third kappa shape index (κ3) is 2.50. The third-order valence-electron chi connectivity index (χ3n) is 3.63. The Bertz CT molecular complexity index is 778. The van der Waals surface area contributed by atoms with Crippen LogP contribution in [-0.2, 0) is 9.59 Å². The number of halogens is 1. The number of carbonyl (C=O) groups is 2. The smallest absolute Gasteiger partial charge is 0.281 e. The molecule has 1 atom stereocenters. The molecule has 1 aromatic carbocycles. The van der Waals surface area contributed by atoms with E-state index in [1.54, 1.807) is 12.1 Å². The monoisotopic (exact) mass is 315 g/mol. The van der Waals surface area contributed by atoms with Crippen LogP contribution in [0, 0.1) is 5.82 Å². The minimum absolute atomic E-state index is 0.339. The lowest BCUT2D eigenvalue weighted by molar-refractivity contribution is -0.145. The van der Waals surface area contributed by atoms with E-state index in [-0.39, 0.29) is 0 Å². The molecule has 118 valence electrons. The van der Waals surface area contributed by atoms with Gasteiger partial charge in [0.2, 0.25) is 0 Å². The molecule has 0 bridgehead atoms. The summed E-state index contributed by atoms with van der Waals surface area (Å²) in [5.41, 5.74) is -1.37. The van der Waals surface area contributed by atoms with Crippen LogP contribution in [0.1, 0.15) is 6.92 Å². The van der Waals surface area contributed by atoms with Gasteiger partial charge in [0.05, 0.1) is 0 Å². The largest absolute Gasteiger partial charge is 0.464 e. The number of carbonyl (C=O) groups excluding carboxylic acids is 2. The second-order valence-corrected chi connectivity index (χ2v) is 5.29. The molecule has 0 unspecified atom stereocenters. The fraction of sp³-hybridized carbons (Fsp3) is 0.188. The van der Waals surface area contributed by atoms with Gasteiger partial charge in [-0.05, 0) is 43.3 Å². The number of anilines is 2. The Hall–Kier alpha value is -2.96. The molecule has 0 fully saturated rings. The van der Waals surface area contributed by atoms with Gasteiger partial charge in [-0.3, -0.25) is 14.5 Å². The molecule has 0 saturated heterocycles. The lowest BCUT2D eigenvalue weighted by Crippen LogP contribution is -2.60. The van der Waals surface area contributed by atoms with Gasteiger partial charge in [0.25, 0.3) is 17.4 Å². The molecule has 23 heavy (non-hydrogen) atoms. The Labute approximate surface area is 131 Å². The summed E-state index contributed by atoms with van der Waals surface area (Å²) < 4.78 is 18.5. The van der Waals surface area contributed by atoms with Gasteiger partial charge in [0.1, 0.15) is 5.82 Å². The van der Waals surface area contributed by atoms with Crippen LogP contribution in [0.5, 0.6) is 5.75 Å². The molecule has 1 aliphatic rings. The fourth-order valence-corrected chi connectivity index (χ4v) is 2.32. The quantitative estimate of drug-likeness (QED) is 0.860. The average molecular weight is 315 g/mol. The first-order chi connectivity index (χ1) is 10.9. The van der Waals surface area contributed by atoms with Gasteiger partial charge in [-0.2, -0.15) is 0 Å². The Morgan fingerprint density at radius 1 is 1.30 bits per heavy atom. The predicted octanol–water partition coefficient (Wildman–Crippen LogP) is 1.97. The van der Waals surface area contributed by atoms with Crippen molar-refractivity contribution in [3.05, 3.63) is 48.4 Å². The molecule has 0 radical (unpaired) electrons. The van der Waals surface area contributed by atoms with E-state index in [0.717, 1.165) is 0 Å². The first-order valence-corrected chi connectivity index (χ1v) is 6.91. The number of ether oxygens (including phenoxy) is 1. The summed E-state index contributed by atoms with van der Waals surface area (Å²) in [7, 11) is 1.53. The number of amides is 2. The minimum Gasteiger partial charge on any atom is -0.464 e.